The number of thioether (sulfide) groups is 1. The summed E-state index contributed by atoms with van der Waals surface area (Å²) in [5.74, 6) is 1.66. The predicted octanol–water partition coefficient (Wildman–Crippen LogP) is 3.37. The van der Waals surface area contributed by atoms with Gasteiger partial charge in [-0.05, 0) is 25.0 Å². The highest BCUT2D eigenvalue weighted by Crippen LogP contribution is 2.31. The highest BCUT2D eigenvalue weighted by Gasteiger charge is 2.21. The zero-order valence-corrected chi connectivity index (χ0v) is 20.3. The summed E-state index contributed by atoms with van der Waals surface area (Å²) in [5.41, 5.74) is 1.22. The van der Waals surface area contributed by atoms with Crippen LogP contribution in [0.25, 0.3) is 11.0 Å². The van der Waals surface area contributed by atoms with Crippen LogP contribution in [0.5, 0.6) is 11.5 Å². The molecule has 0 atom stereocenters. The van der Waals surface area contributed by atoms with Gasteiger partial charge in [0, 0.05) is 24.9 Å². The average Bonchev–Trinajstić information content (AvgIpc) is 3.48. The van der Waals surface area contributed by atoms with Crippen LogP contribution >= 0.6 is 11.8 Å². The summed E-state index contributed by atoms with van der Waals surface area (Å²) >= 11 is 1.65. The fraction of sp³-hybridized carbons (Fsp3) is 0.478. The van der Waals surface area contributed by atoms with Crippen molar-refractivity contribution in [3.05, 3.63) is 30.0 Å². The fourth-order valence-electron chi connectivity index (χ4n) is 3.95. The van der Waals surface area contributed by atoms with Gasteiger partial charge in [0.1, 0.15) is 5.82 Å². The molecule has 9 nitrogen and oxygen atoms in total. The molecular formula is C23H30N6O3S. The maximum absolute atomic E-state index is 12.8. The number of benzene rings is 1. The lowest BCUT2D eigenvalue weighted by Gasteiger charge is -2.18. The van der Waals surface area contributed by atoms with Crippen LogP contribution in [0.2, 0.25) is 0 Å². The molecule has 3 heterocycles. The number of fused-ring (bicyclic) bond motifs is 1. The standard InChI is InChI=1S/C23H30N6O3S/c1-15(2)33-23-26-20(28-11-5-6-12-28)17-14-25-29(21(17)27-23)13-10-24-22(30)16-8-7-9-18(31-3)19(16)32-4/h7-9,14-15H,5-6,10-13H2,1-4H3,(H,24,30). The second-order valence-corrected chi connectivity index (χ2v) is 9.64. The third-order valence-electron chi connectivity index (χ3n) is 5.46. The largest absolute Gasteiger partial charge is 0.493 e. The van der Waals surface area contributed by atoms with E-state index in [9.17, 15) is 4.79 Å². The zero-order chi connectivity index (χ0) is 23.4. The Labute approximate surface area is 197 Å². The number of nitrogens with one attached hydrogen (secondary N) is 1. The molecular weight excluding hydrogens is 440 g/mol. The molecule has 3 aromatic rings. The van der Waals surface area contributed by atoms with Crippen molar-refractivity contribution < 1.29 is 14.3 Å². The highest BCUT2D eigenvalue weighted by atomic mass is 32.2. The predicted molar refractivity (Wildman–Crippen MR) is 130 cm³/mol. The van der Waals surface area contributed by atoms with Crippen molar-refractivity contribution in [1.82, 2.24) is 25.1 Å². The summed E-state index contributed by atoms with van der Waals surface area (Å²) in [5, 5.41) is 9.59. The SMILES string of the molecule is COc1cccc(C(=O)NCCn2ncc3c(N4CCCC4)nc(SC(C)C)nc32)c1OC. The number of amides is 1. The molecule has 1 aromatic carbocycles. The first kappa shape index (κ1) is 23.2. The number of aromatic nitrogens is 4. The maximum Gasteiger partial charge on any atom is 0.255 e. The van der Waals surface area contributed by atoms with E-state index in [2.05, 4.69) is 29.2 Å². The number of anilines is 1. The van der Waals surface area contributed by atoms with Crippen molar-refractivity contribution in [2.45, 2.75) is 43.6 Å². The third-order valence-corrected chi connectivity index (χ3v) is 6.32. The number of hydrogen-bond acceptors (Lipinski definition) is 8. The molecule has 176 valence electrons. The van der Waals surface area contributed by atoms with Crippen LogP contribution in [0.1, 0.15) is 37.0 Å². The van der Waals surface area contributed by atoms with E-state index < -0.39 is 0 Å². The normalized spacial score (nSPS) is 13.7. The van der Waals surface area contributed by atoms with Gasteiger partial charge in [-0.15, -0.1) is 0 Å². The minimum absolute atomic E-state index is 0.231. The Bertz CT molecular complexity index is 1130. The first-order valence-electron chi connectivity index (χ1n) is 11.2. The lowest BCUT2D eigenvalue weighted by molar-refractivity contribution is 0.0948. The number of carbonyl (C=O) groups excluding carboxylic acids is 1. The summed E-state index contributed by atoms with van der Waals surface area (Å²) in [6, 6.07) is 5.24. The molecule has 0 spiro atoms. The Hall–Kier alpha value is -3.01. The number of carbonyl (C=O) groups is 1. The molecule has 0 unspecified atom stereocenters. The molecule has 1 fully saturated rings. The number of rotatable bonds is 9. The Kier molecular flexibility index (Phi) is 7.22. The van der Waals surface area contributed by atoms with Crippen LogP contribution in [-0.2, 0) is 6.54 Å². The summed E-state index contributed by atoms with van der Waals surface area (Å²) < 4.78 is 12.5. The van der Waals surface area contributed by atoms with Crippen molar-refractivity contribution in [2.75, 3.05) is 38.8 Å². The van der Waals surface area contributed by atoms with Crippen molar-refractivity contribution in [3.8, 4) is 11.5 Å². The molecule has 1 N–H and O–H groups in total. The molecule has 2 aromatic heterocycles. The van der Waals surface area contributed by atoms with Crippen molar-refractivity contribution in [2.24, 2.45) is 0 Å². The Balaban J connectivity index is 1.53. The molecule has 33 heavy (non-hydrogen) atoms. The van der Waals surface area contributed by atoms with Crippen LogP contribution in [-0.4, -0.2) is 64.8 Å². The maximum atomic E-state index is 12.8. The summed E-state index contributed by atoms with van der Waals surface area (Å²) in [7, 11) is 3.07. The van der Waals surface area contributed by atoms with Crippen LogP contribution in [0.4, 0.5) is 5.82 Å². The summed E-state index contributed by atoms with van der Waals surface area (Å²) in [6.07, 6.45) is 4.18. The molecule has 0 aliphatic carbocycles. The molecule has 1 aliphatic rings. The van der Waals surface area contributed by atoms with Crippen LogP contribution in [0.15, 0.2) is 29.6 Å². The molecule has 0 radical (unpaired) electrons. The van der Waals surface area contributed by atoms with E-state index in [-0.39, 0.29) is 5.91 Å². The first-order chi connectivity index (χ1) is 16.0. The van der Waals surface area contributed by atoms with Gasteiger partial charge in [-0.25, -0.2) is 14.6 Å². The molecule has 1 aliphatic heterocycles. The molecule has 0 saturated carbocycles. The Morgan fingerprint density at radius 1 is 1.18 bits per heavy atom. The number of nitrogens with zero attached hydrogens (tertiary/aromatic N) is 5. The highest BCUT2D eigenvalue weighted by molar-refractivity contribution is 7.99. The first-order valence-corrected chi connectivity index (χ1v) is 12.0. The van der Waals surface area contributed by atoms with E-state index in [1.807, 2.05) is 10.9 Å². The van der Waals surface area contributed by atoms with E-state index in [1.165, 1.54) is 20.0 Å². The van der Waals surface area contributed by atoms with Gasteiger partial charge in [-0.1, -0.05) is 31.7 Å². The minimum Gasteiger partial charge on any atom is -0.493 e. The monoisotopic (exact) mass is 470 g/mol. The lowest BCUT2D eigenvalue weighted by Crippen LogP contribution is -2.28. The van der Waals surface area contributed by atoms with E-state index in [4.69, 9.17) is 19.4 Å². The molecule has 1 amide bonds. The number of hydrogen-bond donors (Lipinski definition) is 1. The lowest BCUT2D eigenvalue weighted by atomic mass is 10.1. The van der Waals surface area contributed by atoms with Crippen molar-refractivity contribution in [1.29, 1.82) is 0 Å². The van der Waals surface area contributed by atoms with Gasteiger partial charge in [0.05, 0.1) is 37.9 Å². The van der Waals surface area contributed by atoms with E-state index in [0.29, 0.717) is 35.4 Å². The molecule has 1 saturated heterocycles. The minimum atomic E-state index is -0.231. The second kappa shape index (κ2) is 10.3. The van der Waals surface area contributed by atoms with Gasteiger partial charge in [-0.3, -0.25) is 4.79 Å². The van der Waals surface area contributed by atoms with Crippen LogP contribution in [0.3, 0.4) is 0 Å². The van der Waals surface area contributed by atoms with E-state index >= 15 is 0 Å². The second-order valence-electron chi connectivity index (χ2n) is 8.09. The zero-order valence-electron chi connectivity index (χ0n) is 19.5. The van der Waals surface area contributed by atoms with Crippen LogP contribution < -0.4 is 19.7 Å². The van der Waals surface area contributed by atoms with Gasteiger partial charge in [0.25, 0.3) is 5.91 Å². The van der Waals surface area contributed by atoms with Crippen molar-refractivity contribution >= 4 is 34.5 Å². The number of para-hydroxylation sites is 1. The summed E-state index contributed by atoms with van der Waals surface area (Å²) in [4.78, 5) is 24.7. The Morgan fingerprint density at radius 2 is 1.97 bits per heavy atom. The fourth-order valence-corrected chi connectivity index (χ4v) is 4.65. The van der Waals surface area contributed by atoms with E-state index in [1.54, 1.807) is 37.1 Å². The van der Waals surface area contributed by atoms with Crippen LogP contribution in [0, 0.1) is 0 Å². The molecule has 4 rings (SSSR count). The van der Waals surface area contributed by atoms with Gasteiger partial charge in [0.15, 0.2) is 22.3 Å². The third kappa shape index (κ3) is 5.00. The van der Waals surface area contributed by atoms with Gasteiger partial charge >= 0.3 is 0 Å². The quantitative estimate of drug-likeness (QED) is 0.376. The van der Waals surface area contributed by atoms with Gasteiger partial charge in [-0.2, -0.15) is 5.10 Å². The molecule has 10 heteroatoms. The van der Waals surface area contributed by atoms with Crippen molar-refractivity contribution in [3.63, 3.8) is 0 Å². The van der Waals surface area contributed by atoms with E-state index in [0.717, 1.165) is 35.1 Å². The van der Waals surface area contributed by atoms with Gasteiger partial charge < -0.3 is 19.7 Å². The Morgan fingerprint density at radius 3 is 2.67 bits per heavy atom. The van der Waals surface area contributed by atoms with Gasteiger partial charge in [0.2, 0.25) is 0 Å². The topological polar surface area (TPSA) is 94.4 Å². The molecule has 0 bridgehead atoms. The summed E-state index contributed by atoms with van der Waals surface area (Å²) in [6.45, 7) is 7.15. The average molecular weight is 471 g/mol. The number of ether oxygens (including phenoxy) is 2. The number of methoxy groups -OCH3 is 2. The smallest absolute Gasteiger partial charge is 0.255 e.